The number of nitrogens with zero attached hydrogens (tertiary/aromatic N) is 3. The number of hydrogen-bond acceptors (Lipinski definition) is 4. The first kappa shape index (κ1) is 23.6. The summed E-state index contributed by atoms with van der Waals surface area (Å²) < 4.78 is 18.6. The molecule has 1 aromatic carbocycles. The maximum Gasteiger partial charge on any atom is 0.226 e. The lowest BCUT2D eigenvalue weighted by Crippen LogP contribution is -2.47. The zero-order valence-electron chi connectivity index (χ0n) is 17.5. The molecule has 0 saturated carbocycles. The van der Waals surface area contributed by atoms with E-state index in [2.05, 4.69) is 46.3 Å². The molecule has 2 N–H and O–H groups in total. The summed E-state index contributed by atoms with van der Waals surface area (Å²) >= 11 is 0. The van der Waals surface area contributed by atoms with Gasteiger partial charge in [-0.15, -0.1) is 24.0 Å². The Labute approximate surface area is 189 Å². The van der Waals surface area contributed by atoms with Crippen LogP contribution >= 0.6 is 24.0 Å². The number of nitrogens with one attached hydrogen (secondary N) is 2. The highest BCUT2D eigenvalue weighted by Crippen LogP contribution is 2.20. The SMILES string of the molecule is CN=C(NCCc1coc(-c2ccc(F)cc2)n1)NC1CN(C(C)C)CC1C.I. The Balaban J connectivity index is 0.00000300. The number of rotatable bonds is 6. The van der Waals surface area contributed by atoms with Crippen molar-refractivity contribution in [3.05, 3.63) is 42.0 Å². The molecule has 0 radical (unpaired) electrons. The molecule has 2 atom stereocenters. The molecule has 2 heterocycles. The van der Waals surface area contributed by atoms with Gasteiger partial charge in [-0.1, -0.05) is 6.92 Å². The van der Waals surface area contributed by atoms with E-state index in [0.29, 0.717) is 36.9 Å². The minimum Gasteiger partial charge on any atom is -0.444 e. The second-order valence-corrected chi connectivity index (χ2v) is 7.68. The van der Waals surface area contributed by atoms with E-state index in [4.69, 9.17) is 4.42 Å². The van der Waals surface area contributed by atoms with Crippen LogP contribution in [0.1, 0.15) is 26.5 Å². The van der Waals surface area contributed by atoms with Crippen LogP contribution in [-0.2, 0) is 6.42 Å². The predicted molar refractivity (Wildman–Crippen MR) is 125 cm³/mol. The molecule has 3 rings (SSSR count). The van der Waals surface area contributed by atoms with Gasteiger partial charge < -0.3 is 15.1 Å². The van der Waals surface area contributed by atoms with Crippen LogP contribution in [0.2, 0.25) is 0 Å². The number of benzene rings is 1. The number of oxazole rings is 1. The lowest BCUT2D eigenvalue weighted by molar-refractivity contribution is 0.265. The zero-order chi connectivity index (χ0) is 20.1. The highest BCUT2D eigenvalue weighted by Gasteiger charge is 2.31. The van der Waals surface area contributed by atoms with Crippen LogP contribution in [0.5, 0.6) is 0 Å². The van der Waals surface area contributed by atoms with E-state index < -0.39 is 0 Å². The molecule has 1 aliphatic rings. The van der Waals surface area contributed by atoms with E-state index in [1.54, 1.807) is 25.4 Å². The highest BCUT2D eigenvalue weighted by atomic mass is 127. The third kappa shape index (κ3) is 6.40. The molecule has 1 fully saturated rings. The number of halogens is 2. The third-order valence-electron chi connectivity index (χ3n) is 5.23. The van der Waals surface area contributed by atoms with Crippen LogP contribution < -0.4 is 10.6 Å². The van der Waals surface area contributed by atoms with Crippen molar-refractivity contribution in [2.45, 2.75) is 39.3 Å². The van der Waals surface area contributed by atoms with Crippen molar-refractivity contribution in [2.24, 2.45) is 10.9 Å². The highest BCUT2D eigenvalue weighted by molar-refractivity contribution is 14.0. The van der Waals surface area contributed by atoms with Gasteiger partial charge in [-0.2, -0.15) is 0 Å². The van der Waals surface area contributed by atoms with Gasteiger partial charge in [0.25, 0.3) is 0 Å². The van der Waals surface area contributed by atoms with Crippen LogP contribution in [0.15, 0.2) is 39.9 Å². The smallest absolute Gasteiger partial charge is 0.226 e. The molecule has 1 aromatic heterocycles. The molecule has 0 amide bonds. The van der Waals surface area contributed by atoms with Crippen LogP contribution in [-0.4, -0.2) is 54.6 Å². The molecule has 0 spiro atoms. The summed E-state index contributed by atoms with van der Waals surface area (Å²) in [5, 5.41) is 6.90. The first-order valence-electron chi connectivity index (χ1n) is 9.88. The van der Waals surface area contributed by atoms with Crippen LogP contribution in [0, 0.1) is 11.7 Å². The quantitative estimate of drug-likeness (QED) is 0.350. The Bertz CT molecular complexity index is 793. The second kappa shape index (κ2) is 10.9. The molecular weight excluding hydrogens is 484 g/mol. The predicted octanol–water partition coefficient (Wildman–Crippen LogP) is 3.53. The van der Waals surface area contributed by atoms with Gasteiger partial charge in [0.2, 0.25) is 5.89 Å². The maximum atomic E-state index is 13.0. The minimum atomic E-state index is -0.272. The zero-order valence-corrected chi connectivity index (χ0v) is 19.8. The number of hydrogen-bond donors (Lipinski definition) is 2. The largest absolute Gasteiger partial charge is 0.444 e. The fraction of sp³-hybridized carbons (Fsp3) is 0.524. The molecule has 29 heavy (non-hydrogen) atoms. The Morgan fingerprint density at radius 2 is 2.03 bits per heavy atom. The standard InChI is InChI=1S/C21H30FN5O.HI/c1-14(2)27-11-15(3)19(12-27)26-21(23-4)24-10-9-18-13-28-20(25-18)16-5-7-17(22)8-6-16;/h5-8,13-15,19H,9-12H2,1-4H3,(H2,23,24,26);1H. The summed E-state index contributed by atoms with van der Waals surface area (Å²) in [5.41, 5.74) is 1.62. The van der Waals surface area contributed by atoms with Gasteiger partial charge in [0.05, 0.1) is 5.69 Å². The van der Waals surface area contributed by atoms with E-state index in [1.807, 2.05) is 0 Å². The molecule has 2 aromatic rings. The van der Waals surface area contributed by atoms with Crippen molar-refractivity contribution in [1.29, 1.82) is 0 Å². The van der Waals surface area contributed by atoms with Gasteiger partial charge >= 0.3 is 0 Å². The van der Waals surface area contributed by atoms with Gasteiger partial charge in [-0.25, -0.2) is 9.37 Å². The van der Waals surface area contributed by atoms with Gasteiger partial charge in [0, 0.05) is 50.7 Å². The summed E-state index contributed by atoms with van der Waals surface area (Å²) in [7, 11) is 1.79. The van der Waals surface area contributed by atoms with Crippen molar-refractivity contribution < 1.29 is 8.81 Å². The monoisotopic (exact) mass is 515 g/mol. The normalized spacial score (nSPS) is 20.0. The average Bonchev–Trinajstić information content (AvgIpc) is 3.29. The molecule has 1 saturated heterocycles. The molecular formula is C21H31FIN5O. The summed E-state index contributed by atoms with van der Waals surface area (Å²) in [6.07, 6.45) is 2.36. The summed E-state index contributed by atoms with van der Waals surface area (Å²) in [6, 6.07) is 7.09. The van der Waals surface area contributed by atoms with Crippen LogP contribution in [0.4, 0.5) is 4.39 Å². The van der Waals surface area contributed by atoms with Crippen molar-refractivity contribution in [3.63, 3.8) is 0 Å². The lowest BCUT2D eigenvalue weighted by atomic mass is 10.1. The van der Waals surface area contributed by atoms with E-state index >= 15 is 0 Å². The average molecular weight is 515 g/mol. The fourth-order valence-corrected chi connectivity index (χ4v) is 3.44. The Morgan fingerprint density at radius 1 is 1.31 bits per heavy atom. The van der Waals surface area contributed by atoms with Crippen LogP contribution in [0.3, 0.4) is 0 Å². The summed E-state index contributed by atoms with van der Waals surface area (Å²) in [6.45, 7) is 9.59. The maximum absolute atomic E-state index is 13.0. The van der Waals surface area contributed by atoms with Crippen LogP contribution in [0.25, 0.3) is 11.5 Å². The fourth-order valence-electron chi connectivity index (χ4n) is 3.44. The van der Waals surface area contributed by atoms with Gasteiger partial charge in [-0.3, -0.25) is 9.89 Å². The molecule has 6 nitrogen and oxygen atoms in total. The number of guanidine groups is 1. The van der Waals surface area contributed by atoms with E-state index in [-0.39, 0.29) is 29.8 Å². The Morgan fingerprint density at radius 3 is 2.66 bits per heavy atom. The van der Waals surface area contributed by atoms with E-state index in [1.165, 1.54) is 12.1 Å². The molecule has 0 aliphatic carbocycles. The van der Waals surface area contributed by atoms with Gasteiger partial charge in [0.1, 0.15) is 12.1 Å². The molecule has 8 heteroatoms. The lowest BCUT2D eigenvalue weighted by Gasteiger charge is -2.21. The first-order valence-corrected chi connectivity index (χ1v) is 9.88. The van der Waals surface area contributed by atoms with Crippen molar-refractivity contribution in [2.75, 3.05) is 26.7 Å². The molecule has 160 valence electrons. The topological polar surface area (TPSA) is 65.7 Å². The van der Waals surface area contributed by atoms with E-state index in [0.717, 1.165) is 30.3 Å². The Hall–Kier alpha value is -1.68. The number of aromatic nitrogens is 1. The van der Waals surface area contributed by atoms with Crippen molar-refractivity contribution >= 4 is 29.9 Å². The minimum absolute atomic E-state index is 0. The molecule has 2 unspecified atom stereocenters. The van der Waals surface area contributed by atoms with Gasteiger partial charge in [0.15, 0.2) is 5.96 Å². The third-order valence-corrected chi connectivity index (χ3v) is 5.23. The van der Waals surface area contributed by atoms with Crippen molar-refractivity contribution in [3.8, 4) is 11.5 Å². The molecule has 0 bridgehead atoms. The number of likely N-dealkylation sites (tertiary alicyclic amines) is 1. The van der Waals surface area contributed by atoms with Crippen molar-refractivity contribution in [1.82, 2.24) is 20.5 Å². The Kier molecular flexibility index (Phi) is 8.88. The first-order chi connectivity index (χ1) is 13.5. The van der Waals surface area contributed by atoms with E-state index in [9.17, 15) is 4.39 Å². The molecule has 1 aliphatic heterocycles. The number of aliphatic imine (C=N–C) groups is 1. The summed E-state index contributed by atoms with van der Waals surface area (Å²) in [4.78, 5) is 11.3. The second-order valence-electron chi connectivity index (χ2n) is 7.68. The van der Waals surface area contributed by atoms with Gasteiger partial charge in [-0.05, 0) is 44.0 Å². The summed E-state index contributed by atoms with van der Waals surface area (Å²) in [5.74, 6) is 1.62.